The SMILES string of the molecule is NNc1ncc(Cl)c(NCCCn2ccnc2)n1. The highest BCUT2D eigenvalue weighted by molar-refractivity contribution is 6.32. The van der Waals surface area contributed by atoms with Crippen molar-refractivity contribution in [1.29, 1.82) is 0 Å². The topological polar surface area (TPSA) is 93.7 Å². The largest absolute Gasteiger partial charge is 0.369 e. The van der Waals surface area contributed by atoms with Crippen LogP contribution in [0.2, 0.25) is 5.02 Å². The van der Waals surface area contributed by atoms with Crippen LogP contribution in [0.5, 0.6) is 0 Å². The monoisotopic (exact) mass is 267 g/mol. The number of hydrogen-bond acceptors (Lipinski definition) is 6. The molecule has 0 unspecified atom stereocenters. The lowest BCUT2D eigenvalue weighted by Crippen LogP contribution is -2.13. The Balaban J connectivity index is 1.82. The maximum atomic E-state index is 5.96. The zero-order valence-corrected chi connectivity index (χ0v) is 10.4. The summed E-state index contributed by atoms with van der Waals surface area (Å²) < 4.78 is 2.01. The van der Waals surface area contributed by atoms with E-state index in [4.69, 9.17) is 17.4 Å². The second-order valence-electron chi connectivity index (χ2n) is 3.62. The van der Waals surface area contributed by atoms with Gasteiger partial charge in [0.15, 0.2) is 5.82 Å². The standard InChI is InChI=1S/C10H14ClN7/c11-8-6-15-10(17-12)16-9(8)14-2-1-4-18-5-3-13-7-18/h3,5-7H,1-2,4,12H2,(H2,14,15,16,17). The molecule has 2 aromatic heterocycles. The molecule has 18 heavy (non-hydrogen) atoms. The number of rotatable bonds is 6. The van der Waals surface area contributed by atoms with Gasteiger partial charge in [-0.3, -0.25) is 5.43 Å². The molecule has 8 heteroatoms. The minimum Gasteiger partial charge on any atom is -0.369 e. The highest BCUT2D eigenvalue weighted by atomic mass is 35.5. The Morgan fingerprint density at radius 3 is 3.06 bits per heavy atom. The molecule has 4 N–H and O–H groups in total. The van der Waals surface area contributed by atoms with E-state index in [9.17, 15) is 0 Å². The van der Waals surface area contributed by atoms with Crippen LogP contribution in [0, 0.1) is 0 Å². The van der Waals surface area contributed by atoms with E-state index >= 15 is 0 Å². The van der Waals surface area contributed by atoms with E-state index < -0.39 is 0 Å². The van der Waals surface area contributed by atoms with Crippen molar-refractivity contribution in [2.45, 2.75) is 13.0 Å². The van der Waals surface area contributed by atoms with Gasteiger partial charge in [0.2, 0.25) is 5.95 Å². The van der Waals surface area contributed by atoms with E-state index in [2.05, 4.69) is 25.7 Å². The normalized spacial score (nSPS) is 10.3. The second-order valence-corrected chi connectivity index (χ2v) is 4.02. The van der Waals surface area contributed by atoms with E-state index in [1.165, 1.54) is 6.20 Å². The van der Waals surface area contributed by atoms with Crippen LogP contribution in [0.3, 0.4) is 0 Å². The number of aryl methyl sites for hydroxylation is 1. The van der Waals surface area contributed by atoms with Crippen LogP contribution in [-0.2, 0) is 6.54 Å². The molecule has 0 saturated carbocycles. The highest BCUT2D eigenvalue weighted by Gasteiger charge is 2.03. The van der Waals surface area contributed by atoms with Crippen molar-refractivity contribution in [2.24, 2.45) is 5.84 Å². The predicted octanol–water partition coefficient (Wildman–Crippen LogP) is 1.11. The number of nitrogens with one attached hydrogen (secondary N) is 2. The molecule has 0 bridgehead atoms. The van der Waals surface area contributed by atoms with E-state index in [1.807, 2.05) is 10.8 Å². The summed E-state index contributed by atoms with van der Waals surface area (Å²) >= 11 is 5.96. The summed E-state index contributed by atoms with van der Waals surface area (Å²) in [6.45, 7) is 1.64. The molecule has 96 valence electrons. The van der Waals surface area contributed by atoms with Crippen LogP contribution in [0.15, 0.2) is 24.9 Å². The molecule has 0 amide bonds. The predicted molar refractivity (Wildman–Crippen MR) is 70.2 cm³/mol. The van der Waals surface area contributed by atoms with Crippen molar-refractivity contribution >= 4 is 23.4 Å². The number of nitrogen functional groups attached to an aromatic ring is 1. The van der Waals surface area contributed by atoms with E-state index in [1.54, 1.807) is 12.5 Å². The van der Waals surface area contributed by atoms with Crippen LogP contribution in [0.1, 0.15) is 6.42 Å². The van der Waals surface area contributed by atoms with Gasteiger partial charge in [-0.15, -0.1) is 0 Å². The highest BCUT2D eigenvalue weighted by Crippen LogP contribution is 2.18. The van der Waals surface area contributed by atoms with Crippen molar-refractivity contribution in [3.05, 3.63) is 29.9 Å². The number of nitrogens with two attached hydrogens (primary N) is 1. The van der Waals surface area contributed by atoms with Crippen molar-refractivity contribution in [1.82, 2.24) is 19.5 Å². The summed E-state index contributed by atoms with van der Waals surface area (Å²) in [6.07, 6.45) is 7.90. The van der Waals surface area contributed by atoms with E-state index in [0.717, 1.165) is 19.5 Å². The molecular formula is C10H14ClN7. The molecule has 0 saturated heterocycles. The van der Waals surface area contributed by atoms with Gasteiger partial charge in [-0.25, -0.2) is 15.8 Å². The zero-order chi connectivity index (χ0) is 12.8. The van der Waals surface area contributed by atoms with Gasteiger partial charge in [0.1, 0.15) is 5.02 Å². The first kappa shape index (κ1) is 12.6. The average Bonchev–Trinajstić information content (AvgIpc) is 2.89. The summed E-state index contributed by atoms with van der Waals surface area (Å²) in [4.78, 5) is 12.0. The number of nitrogens with zero attached hydrogens (tertiary/aromatic N) is 4. The van der Waals surface area contributed by atoms with Gasteiger partial charge < -0.3 is 9.88 Å². The average molecular weight is 268 g/mol. The minimum atomic E-state index is 0.330. The Morgan fingerprint density at radius 1 is 1.44 bits per heavy atom. The fourth-order valence-corrected chi connectivity index (χ4v) is 1.61. The number of aromatic nitrogens is 4. The van der Waals surface area contributed by atoms with E-state index in [-0.39, 0.29) is 0 Å². The van der Waals surface area contributed by atoms with Crippen LogP contribution in [-0.4, -0.2) is 26.1 Å². The summed E-state index contributed by atoms with van der Waals surface area (Å²) in [5, 5.41) is 3.61. The number of hydrogen-bond donors (Lipinski definition) is 3. The van der Waals surface area contributed by atoms with Gasteiger partial charge >= 0.3 is 0 Å². The third-order valence-electron chi connectivity index (χ3n) is 2.32. The molecule has 0 aromatic carbocycles. The van der Waals surface area contributed by atoms with Gasteiger partial charge in [0, 0.05) is 25.5 Å². The maximum absolute atomic E-state index is 5.96. The summed E-state index contributed by atoms with van der Waals surface area (Å²) in [5.74, 6) is 6.14. The van der Waals surface area contributed by atoms with Gasteiger partial charge in [-0.1, -0.05) is 11.6 Å². The number of halogens is 1. The van der Waals surface area contributed by atoms with Crippen molar-refractivity contribution in [3.8, 4) is 0 Å². The van der Waals surface area contributed by atoms with Crippen molar-refractivity contribution < 1.29 is 0 Å². The van der Waals surface area contributed by atoms with Gasteiger partial charge in [0.25, 0.3) is 0 Å². The first-order chi connectivity index (χ1) is 8.79. The van der Waals surface area contributed by atoms with Crippen molar-refractivity contribution in [3.63, 3.8) is 0 Å². The molecular weight excluding hydrogens is 254 g/mol. The third-order valence-corrected chi connectivity index (χ3v) is 2.59. The van der Waals surface area contributed by atoms with Crippen LogP contribution >= 0.6 is 11.6 Å². The van der Waals surface area contributed by atoms with E-state index in [0.29, 0.717) is 16.8 Å². The summed E-state index contributed by atoms with van der Waals surface area (Å²) in [6, 6.07) is 0. The number of hydrazine groups is 1. The lowest BCUT2D eigenvalue weighted by molar-refractivity contribution is 0.660. The molecule has 0 aliphatic carbocycles. The zero-order valence-electron chi connectivity index (χ0n) is 9.67. The number of anilines is 2. The van der Waals surface area contributed by atoms with Gasteiger partial charge in [0.05, 0.1) is 12.5 Å². The molecule has 7 nitrogen and oxygen atoms in total. The third kappa shape index (κ3) is 3.31. The fourth-order valence-electron chi connectivity index (χ4n) is 1.45. The van der Waals surface area contributed by atoms with Crippen LogP contribution in [0.25, 0.3) is 0 Å². The molecule has 0 atom stereocenters. The smallest absolute Gasteiger partial charge is 0.239 e. The molecule has 2 heterocycles. The number of imidazole rings is 1. The first-order valence-corrected chi connectivity index (χ1v) is 5.86. The molecule has 0 aliphatic heterocycles. The Bertz CT molecular complexity index is 485. The molecule has 2 aromatic rings. The Labute approximate surface area is 109 Å². The van der Waals surface area contributed by atoms with Crippen LogP contribution in [0.4, 0.5) is 11.8 Å². The molecule has 0 fully saturated rings. The summed E-state index contributed by atoms with van der Waals surface area (Å²) in [7, 11) is 0. The van der Waals surface area contributed by atoms with Gasteiger partial charge in [-0.05, 0) is 6.42 Å². The molecule has 0 radical (unpaired) electrons. The maximum Gasteiger partial charge on any atom is 0.239 e. The first-order valence-electron chi connectivity index (χ1n) is 5.48. The lowest BCUT2D eigenvalue weighted by atomic mass is 10.4. The van der Waals surface area contributed by atoms with Crippen LogP contribution < -0.4 is 16.6 Å². The second kappa shape index (κ2) is 6.18. The summed E-state index contributed by atoms with van der Waals surface area (Å²) in [5.41, 5.74) is 2.37. The Hall–Kier alpha value is -1.86. The molecule has 0 aliphatic rings. The van der Waals surface area contributed by atoms with Gasteiger partial charge in [-0.2, -0.15) is 4.98 Å². The minimum absolute atomic E-state index is 0.330. The van der Waals surface area contributed by atoms with Crippen molar-refractivity contribution in [2.75, 3.05) is 17.3 Å². The Morgan fingerprint density at radius 2 is 2.33 bits per heavy atom. The lowest BCUT2D eigenvalue weighted by Gasteiger charge is -2.08. The fraction of sp³-hybridized carbons (Fsp3) is 0.300. The quantitative estimate of drug-likeness (QED) is 0.412. The molecule has 2 rings (SSSR count). The Kier molecular flexibility index (Phi) is 4.32. The molecule has 0 spiro atoms.